The normalized spacial score (nSPS) is 6.00. The second-order valence-corrected chi connectivity index (χ2v) is 0.866. The van der Waals surface area contributed by atoms with E-state index in [0.717, 1.165) is 0 Å². The number of hydrogen-bond acceptors (Lipinski definition) is 0. The maximum absolute atomic E-state index is 3.42. The summed E-state index contributed by atoms with van der Waals surface area (Å²) >= 11 is 0. The van der Waals surface area contributed by atoms with Gasteiger partial charge in [-0.15, -0.1) is 0 Å². The van der Waals surface area contributed by atoms with E-state index in [1.54, 1.807) is 0 Å². The van der Waals surface area contributed by atoms with E-state index in [4.69, 9.17) is 0 Å². The molecule has 0 amide bonds. The van der Waals surface area contributed by atoms with Gasteiger partial charge in [-0.05, 0) is 0 Å². The molecule has 0 aliphatic rings. The van der Waals surface area contributed by atoms with E-state index < -0.39 is 0 Å². The van der Waals surface area contributed by atoms with Crippen molar-refractivity contribution in [3.63, 3.8) is 0 Å². The maximum Gasteiger partial charge on any atom is 0 e. The van der Waals surface area contributed by atoms with Crippen molar-refractivity contribution in [2.24, 2.45) is 5.92 Å². The molecule has 0 aliphatic heterocycles. The Morgan fingerprint density at radius 1 is 0.833 bits per heavy atom. The van der Waals surface area contributed by atoms with Crippen molar-refractivity contribution in [2.45, 2.75) is 0 Å². The molecule has 0 fully saturated rings. The third-order valence-electron chi connectivity index (χ3n) is 0. The minimum Gasteiger partial charge on any atom is -0.447 e. The first kappa shape index (κ1) is 15.7. The predicted molar refractivity (Wildman–Crippen MR) is 19.6 cm³/mol. The summed E-state index contributed by atoms with van der Waals surface area (Å²) in [5.74, 6) is 0.0833. The van der Waals surface area contributed by atoms with Gasteiger partial charge in [0.15, 0.2) is 0 Å². The van der Waals surface area contributed by atoms with Crippen LogP contribution in [-0.4, -0.2) is 0 Å². The van der Waals surface area contributed by atoms with Gasteiger partial charge in [0.05, 0.1) is 0 Å². The molecule has 0 atom stereocenters. The molecule has 6 heavy (non-hydrogen) atoms. The monoisotopic (exact) mass is 157 g/mol. The van der Waals surface area contributed by atoms with Crippen molar-refractivity contribution < 1.29 is 37.1 Å². The molecule has 0 bridgehead atoms. The van der Waals surface area contributed by atoms with Crippen LogP contribution >= 0.6 is 0 Å². The fraction of sp³-hybridized carbons (Fsp3) is 0.250. The first-order valence-electron chi connectivity index (χ1n) is 1.22. The van der Waals surface area contributed by atoms with E-state index in [-0.39, 0.29) is 43.0 Å². The fourth-order valence-electron chi connectivity index (χ4n) is 0. The molecule has 0 rings (SSSR count). The average molecular weight is 157 g/mol. The molecule has 0 aromatic carbocycles. The van der Waals surface area contributed by atoms with Gasteiger partial charge in [-0.2, -0.15) is 0 Å². The van der Waals surface area contributed by atoms with Gasteiger partial charge in [-0.3, -0.25) is 0 Å². The van der Waals surface area contributed by atoms with Crippen molar-refractivity contribution in [2.75, 3.05) is 0 Å². The molecule has 0 saturated heterocycles. The zero-order valence-corrected chi connectivity index (χ0v) is 6.39. The molecule has 36 valence electrons. The van der Waals surface area contributed by atoms with Gasteiger partial charge in [0.25, 0.3) is 0 Å². The Balaban J connectivity index is -0.0000000450. The summed E-state index contributed by atoms with van der Waals surface area (Å²) in [7, 11) is 0. The van der Waals surface area contributed by atoms with Gasteiger partial charge in [0.2, 0.25) is 0 Å². The molecule has 0 spiro atoms. The molecule has 0 saturated carbocycles. The zero-order valence-electron chi connectivity index (χ0n) is 3.59. The molecule has 0 N–H and O–H groups in total. The largest absolute Gasteiger partial charge is 0.447 e. The second kappa shape index (κ2) is 9.48. The molecule has 0 unspecified atom stereocenters. The Hall–Kier alpha value is 1.17. The van der Waals surface area contributed by atoms with Gasteiger partial charge in [0, 0.05) is 37.1 Å². The molecule has 2 heteroatoms. The first-order chi connectivity index (χ1) is 1.73. The summed E-state index contributed by atoms with van der Waals surface area (Å²) in [4.78, 5) is 0. The third-order valence-corrected chi connectivity index (χ3v) is 0. The van der Waals surface area contributed by atoms with Crippen LogP contribution in [0.25, 0.3) is 0 Å². The molecule has 2 radical (unpaired) electrons. The topological polar surface area (TPSA) is 0 Å². The van der Waals surface area contributed by atoms with Crippen LogP contribution in [0.3, 0.4) is 0 Å². The average Bonchev–Trinajstić information content (AvgIpc) is 0.811. The summed E-state index contributed by atoms with van der Waals surface area (Å²) in [5.41, 5.74) is 0. The van der Waals surface area contributed by atoms with Crippen LogP contribution in [0.1, 0.15) is 0 Å². The van der Waals surface area contributed by atoms with Crippen molar-refractivity contribution in [3.05, 3.63) is 20.8 Å². The summed E-state index contributed by atoms with van der Waals surface area (Å²) in [6.45, 7) is 10.2. The summed E-state index contributed by atoms with van der Waals surface area (Å²) in [6, 6.07) is 0. The van der Waals surface area contributed by atoms with Gasteiger partial charge in [-0.1, -0.05) is 0 Å². The Morgan fingerprint density at radius 3 is 0.833 bits per heavy atom. The number of rotatable bonds is 0. The summed E-state index contributed by atoms with van der Waals surface area (Å²) < 4.78 is 0. The number of hydrogen-bond donors (Lipinski definition) is 0. The molecule has 0 nitrogen and oxygen atoms in total. The SMILES string of the molecule is [CH2-]C([CH2-])[CH2-].[V].[V]. The Morgan fingerprint density at radius 2 is 0.833 bits per heavy atom. The van der Waals surface area contributed by atoms with E-state index in [1.807, 2.05) is 0 Å². The minimum atomic E-state index is 0. The van der Waals surface area contributed by atoms with E-state index in [1.165, 1.54) is 0 Å². The van der Waals surface area contributed by atoms with Crippen LogP contribution in [0.15, 0.2) is 0 Å². The van der Waals surface area contributed by atoms with Crippen molar-refractivity contribution in [1.82, 2.24) is 0 Å². The van der Waals surface area contributed by atoms with Gasteiger partial charge < -0.3 is 26.7 Å². The molecular weight excluding hydrogens is 150 g/mol. The van der Waals surface area contributed by atoms with Crippen LogP contribution in [-0.2, 0) is 37.1 Å². The van der Waals surface area contributed by atoms with Crippen LogP contribution in [0.5, 0.6) is 0 Å². The van der Waals surface area contributed by atoms with E-state index >= 15 is 0 Å². The van der Waals surface area contributed by atoms with Crippen LogP contribution in [0.2, 0.25) is 0 Å². The Bertz CT molecular complexity index is 10.3. The summed E-state index contributed by atoms with van der Waals surface area (Å²) in [6.07, 6.45) is 0. The third kappa shape index (κ3) is 65.8. The molecule has 0 aromatic heterocycles. The molecule has 0 aliphatic carbocycles. The van der Waals surface area contributed by atoms with Gasteiger partial charge >= 0.3 is 0 Å². The van der Waals surface area contributed by atoms with Crippen LogP contribution in [0.4, 0.5) is 0 Å². The molecule has 0 aromatic rings. The van der Waals surface area contributed by atoms with Crippen LogP contribution in [0, 0.1) is 26.7 Å². The Kier molecular flexibility index (Phi) is 24.8. The van der Waals surface area contributed by atoms with Crippen molar-refractivity contribution in [3.8, 4) is 0 Å². The maximum atomic E-state index is 3.42. The predicted octanol–water partition coefficient (Wildman–Crippen LogP) is 1.10. The molecular formula is C4H7V2-3. The van der Waals surface area contributed by atoms with E-state index in [2.05, 4.69) is 20.8 Å². The second-order valence-electron chi connectivity index (χ2n) is 0.866. The van der Waals surface area contributed by atoms with Crippen molar-refractivity contribution in [1.29, 1.82) is 0 Å². The van der Waals surface area contributed by atoms with E-state index in [0.29, 0.717) is 0 Å². The smallest absolute Gasteiger partial charge is 0 e. The van der Waals surface area contributed by atoms with Gasteiger partial charge in [-0.25, -0.2) is 0 Å². The van der Waals surface area contributed by atoms with Crippen LogP contribution < -0.4 is 0 Å². The Labute approximate surface area is 63.9 Å². The minimum absolute atomic E-state index is 0. The summed E-state index contributed by atoms with van der Waals surface area (Å²) in [5, 5.41) is 0. The fourth-order valence-corrected chi connectivity index (χ4v) is 0. The molecule has 0 heterocycles. The van der Waals surface area contributed by atoms with Crippen molar-refractivity contribution >= 4 is 0 Å². The first-order valence-corrected chi connectivity index (χ1v) is 1.22. The quantitative estimate of drug-likeness (QED) is 0.462. The zero-order chi connectivity index (χ0) is 3.58. The van der Waals surface area contributed by atoms with Gasteiger partial charge in [0.1, 0.15) is 0 Å². The standard InChI is InChI=1S/C4H7.2V/c1-4(2)3;;/h4H,1-3H2;;/q-3;;. The van der Waals surface area contributed by atoms with E-state index in [9.17, 15) is 0 Å².